The molecule has 9 N–H and O–H groups in total. The van der Waals surface area contributed by atoms with Crippen molar-refractivity contribution in [1.29, 1.82) is 0 Å². The molecule has 0 aromatic heterocycles. The minimum Gasteiger partial charge on any atom is -0.756 e. The van der Waals surface area contributed by atoms with Crippen LogP contribution in [-0.2, 0) is 36.8 Å². The van der Waals surface area contributed by atoms with Crippen molar-refractivity contribution in [3.8, 4) is 0 Å². The smallest absolute Gasteiger partial charge is 0.756 e. The molecule has 0 radical (unpaired) electrons. The molecule has 39 heavy (non-hydrogen) atoms. The molecule has 2 unspecified atom stereocenters. The normalized spacial score (nSPS) is 37.8. The van der Waals surface area contributed by atoms with Crippen molar-refractivity contribution in [3.63, 3.8) is 0 Å². The van der Waals surface area contributed by atoms with Crippen LogP contribution in [-0.4, -0.2) is 128 Å². The first-order valence-corrected chi connectivity index (χ1v) is 13.2. The largest absolute Gasteiger partial charge is 1.00 e. The van der Waals surface area contributed by atoms with Gasteiger partial charge in [0.15, 0.2) is 12.5 Å². The molecule has 3 fully saturated rings. The molecule has 24 heteroatoms. The van der Waals surface area contributed by atoms with Gasteiger partial charge >= 0.3 is 65.1 Å². The number of phosphoric ester groups is 2. The van der Waals surface area contributed by atoms with Crippen molar-refractivity contribution in [2.24, 2.45) is 0 Å². The van der Waals surface area contributed by atoms with Gasteiger partial charge in [-0.05, 0) is 0 Å². The van der Waals surface area contributed by atoms with Gasteiger partial charge in [0.2, 0.25) is 5.91 Å². The Morgan fingerprint density at radius 2 is 1.51 bits per heavy atom. The third-order valence-electron chi connectivity index (χ3n) is 5.41. The third-order valence-corrected chi connectivity index (χ3v) is 7.94. The van der Waals surface area contributed by atoms with Gasteiger partial charge in [0.05, 0.1) is 13.2 Å². The molecule has 0 aromatic rings. The van der Waals surface area contributed by atoms with Crippen LogP contribution in [0.4, 0.5) is 4.79 Å². The molecule has 3 aliphatic rings. The van der Waals surface area contributed by atoms with Gasteiger partial charge in [-0.2, -0.15) is 0 Å². The first-order valence-electron chi connectivity index (χ1n) is 10.2. The summed E-state index contributed by atoms with van der Waals surface area (Å²) in [5, 5.41) is 60.4. The predicted molar refractivity (Wildman–Crippen MR) is 106 cm³/mol. The first kappa shape index (κ1) is 39.8. The molecule has 0 bridgehead atoms. The average molecular weight is 630 g/mol. The van der Waals surface area contributed by atoms with Gasteiger partial charge < -0.3 is 59.9 Å². The van der Waals surface area contributed by atoms with E-state index in [9.17, 15) is 54.0 Å². The van der Waals surface area contributed by atoms with Gasteiger partial charge in [-0.25, -0.2) is 9.11 Å². The monoisotopic (exact) mass is 630 g/mol. The van der Waals surface area contributed by atoms with E-state index < -0.39 is 96.0 Å². The molecular weight excluding hydrogens is 604 g/mol. The van der Waals surface area contributed by atoms with Crippen LogP contribution in [0.1, 0.15) is 6.42 Å². The maximum Gasteiger partial charge on any atom is 1.00 e. The minimum absolute atomic E-state index is 0. The number of aliphatic hydroxyl groups excluding tert-OH is 6. The summed E-state index contributed by atoms with van der Waals surface area (Å²) >= 11 is 0. The number of hydrogen-bond donors (Lipinski definition) is 7. The molecule has 3 amide bonds. The number of rotatable bonds is 9. The number of aliphatic hydroxyl groups is 6. The van der Waals surface area contributed by atoms with E-state index in [2.05, 4.69) is 13.4 Å². The number of amides is 3. The number of carbonyl (C=O) groups excluding carboxylic acids is 2. The standard InChI is InChI=1S/C15H26N2O17P2.2Na.H2O/c18-3-5-8(20)10(22)12(24)14(32-5)33-36(28,29)34-35(26,27)30-4-6-9(21)11(23)13(31-6)17-2-1-7(19)16-15(17)25;;;/h5-6,8-14,18,20-24H,1-4H2,(H,26,27)(H,28,29)(H,16,19,25);;;1H2/q;2*+1;/p-2/t5-,6-,8-,9-,10+,11-,12-,13-,14-;;;/m1.../s1. The van der Waals surface area contributed by atoms with Gasteiger partial charge in [-0.15, -0.1) is 0 Å². The molecule has 20 nitrogen and oxygen atoms in total. The number of ether oxygens (including phenoxy) is 2. The number of phosphoric acid groups is 2. The minimum atomic E-state index is -5.90. The Morgan fingerprint density at radius 3 is 2.08 bits per heavy atom. The van der Waals surface area contributed by atoms with Crippen molar-refractivity contribution >= 4 is 27.6 Å². The molecule has 0 spiro atoms. The summed E-state index contributed by atoms with van der Waals surface area (Å²) in [6.45, 7) is -2.20. The van der Waals surface area contributed by atoms with Crippen LogP contribution in [0.25, 0.3) is 0 Å². The second-order valence-corrected chi connectivity index (χ2v) is 10.8. The Hall–Kier alpha value is 0.840. The van der Waals surface area contributed by atoms with Gasteiger partial charge in [0, 0.05) is 13.0 Å². The van der Waals surface area contributed by atoms with Crippen LogP contribution < -0.4 is 74.2 Å². The summed E-state index contributed by atoms with van der Waals surface area (Å²) in [5.74, 6) is -0.582. The molecule has 0 aromatic carbocycles. The summed E-state index contributed by atoms with van der Waals surface area (Å²) in [6.07, 6.45) is -16.7. The SMILES string of the molecule is O.O=C1CCN([C@@H]2O[C@H](COP(=O)([O-])OP(=O)([O-])O[C@H]3O[C@H](CO)[C@@H](O)[C@H](O)[C@H]3O)[C@@H](O)[C@H]2O)C(=O)N1.[Na+].[Na+]. The Kier molecular flexibility index (Phi) is 16.4. The molecule has 216 valence electrons. The summed E-state index contributed by atoms with van der Waals surface area (Å²) in [5.41, 5.74) is 0. The second-order valence-electron chi connectivity index (χ2n) is 7.92. The van der Waals surface area contributed by atoms with E-state index in [1.807, 2.05) is 5.32 Å². The Morgan fingerprint density at radius 1 is 0.923 bits per heavy atom. The fourth-order valence-corrected chi connectivity index (χ4v) is 5.64. The van der Waals surface area contributed by atoms with Gasteiger partial charge in [0.25, 0.3) is 15.6 Å². The molecule has 0 aliphatic carbocycles. The number of nitrogens with one attached hydrogen (secondary N) is 1. The van der Waals surface area contributed by atoms with Crippen LogP contribution in [0.15, 0.2) is 0 Å². The summed E-state index contributed by atoms with van der Waals surface area (Å²) in [4.78, 5) is 48.1. The van der Waals surface area contributed by atoms with Crippen molar-refractivity contribution in [2.45, 2.75) is 61.7 Å². The fourth-order valence-electron chi connectivity index (χ4n) is 3.56. The Balaban J connectivity index is 0.00000481. The number of nitrogens with zero attached hydrogens (tertiary/aromatic N) is 1. The molecular formula is C15H26N2Na2O18P2. The zero-order chi connectivity index (χ0) is 27.0. The summed E-state index contributed by atoms with van der Waals surface area (Å²) < 4.78 is 46.5. The van der Waals surface area contributed by atoms with Crippen molar-refractivity contribution in [3.05, 3.63) is 0 Å². The van der Waals surface area contributed by atoms with Crippen LogP contribution in [0.2, 0.25) is 0 Å². The van der Waals surface area contributed by atoms with E-state index in [4.69, 9.17) is 14.6 Å². The van der Waals surface area contributed by atoms with Crippen LogP contribution >= 0.6 is 15.6 Å². The summed E-state index contributed by atoms with van der Waals surface area (Å²) in [7, 11) is -11.7. The molecule has 3 heterocycles. The third kappa shape index (κ3) is 9.94. The number of hydrogen-bond acceptors (Lipinski definition) is 17. The Bertz CT molecular complexity index is 933. The average Bonchev–Trinajstić information content (AvgIpc) is 3.06. The number of urea groups is 1. The molecule has 11 atom stereocenters. The van der Waals surface area contributed by atoms with Crippen LogP contribution in [0, 0.1) is 0 Å². The molecule has 3 saturated heterocycles. The molecule has 0 saturated carbocycles. The maximum absolute atomic E-state index is 12.0. The van der Waals surface area contributed by atoms with Crippen molar-refractivity contribution < 1.29 is 147 Å². The van der Waals surface area contributed by atoms with Gasteiger partial charge in [0.1, 0.15) is 42.7 Å². The molecule has 3 aliphatic heterocycles. The van der Waals surface area contributed by atoms with Crippen molar-refractivity contribution in [1.82, 2.24) is 10.2 Å². The zero-order valence-corrected chi connectivity index (χ0v) is 26.3. The fraction of sp³-hybridized carbons (Fsp3) is 0.867. The van der Waals surface area contributed by atoms with E-state index in [-0.39, 0.29) is 77.6 Å². The second kappa shape index (κ2) is 16.1. The van der Waals surface area contributed by atoms with Crippen molar-refractivity contribution in [2.75, 3.05) is 19.8 Å². The van der Waals surface area contributed by atoms with Gasteiger partial charge in [-0.1, -0.05) is 0 Å². The first-order chi connectivity index (χ1) is 16.7. The predicted octanol–water partition coefficient (Wildman–Crippen LogP) is -12.7. The van der Waals surface area contributed by atoms with Gasteiger partial charge in [-0.3, -0.25) is 28.7 Å². The quantitative estimate of drug-likeness (QED) is 0.0918. The number of carbonyl (C=O) groups is 2. The Labute approximate surface area is 264 Å². The van der Waals surface area contributed by atoms with E-state index in [0.29, 0.717) is 0 Å². The maximum atomic E-state index is 12.0. The van der Waals surface area contributed by atoms with Crippen LogP contribution in [0.5, 0.6) is 0 Å². The zero-order valence-electron chi connectivity index (χ0n) is 20.5. The summed E-state index contributed by atoms with van der Waals surface area (Å²) in [6, 6.07) is -0.931. The molecule has 3 rings (SSSR count). The van der Waals surface area contributed by atoms with E-state index in [0.717, 1.165) is 4.90 Å². The van der Waals surface area contributed by atoms with E-state index >= 15 is 0 Å². The van der Waals surface area contributed by atoms with E-state index in [1.54, 1.807) is 0 Å². The van der Waals surface area contributed by atoms with Crippen LogP contribution in [0.3, 0.4) is 0 Å². The topological polar surface area (TPSA) is 329 Å². The van der Waals surface area contributed by atoms with E-state index in [1.165, 1.54) is 0 Å². The number of imide groups is 1.